The number of benzene rings is 3. The Morgan fingerprint density at radius 2 is 1.27 bits per heavy atom. The second-order valence-corrected chi connectivity index (χ2v) is 10.7. The van der Waals surface area contributed by atoms with Crippen molar-refractivity contribution in [2.24, 2.45) is 0 Å². The molecule has 0 saturated heterocycles. The molecule has 5 heteroatoms. The highest BCUT2D eigenvalue weighted by atomic mass is 31.2. The maximum absolute atomic E-state index is 15.0. The minimum atomic E-state index is -3.18. The van der Waals surface area contributed by atoms with Crippen LogP contribution in [0.2, 0.25) is 0 Å². The van der Waals surface area contributed by atoms with E-state index in [0.29, 0.717) is 29.2 Å². The van der Waals surface area contributed by atoms with Crippen molar-refractivity contribution in [2.75, 3.05) is 13.4 Å². The van der Waals surface area contributed by atoms with Crippen molar-refractivity contribution in [3.05, 3.63) is 70.8 Å². The van der Waals surface area contributed by atoms with Gasteiger partial charge in [0.1, 0.15) is 0 Å². The van der Waals surface area contributed by atoms with Gasteiger partial charge >= 0.3 is 0 Å². The third-order valence-electron chi connectivity index (χ3n) is 5.23. The summed E-state index contributed by atoms with van der Waals surface area (Å²) in [6.07, 6.45) is 0. The Morgan fingerprint density at radius 3 is 1.77 bits per heavy atom. The first-order valence-electron chi connectivity index (χ1n) is 10.2. The monoisotopic (exact) mass is 422 g/mol. The first-order valence-corrected chi connectivity index (χ1v) is 11.9. The maximum atomic E-state index is 15.0. The molecule has 4 nitrogen and oxygen atoms in total. The summed E-state index contributed by atoms with van der Waals surface area (Å²) in [4.78, 5) is 0. The number of fused-ring (bicyclic) bond motifs is 1. The fraction of sp³-hybridized carbons (Fsp3) is 0.280. The van der Waals surface area contributed by atoms with Crippen LogP contribution in [0.25, 0.3) is 0 Å². The van der Waals surface area contributed by atoms with E-state index in [9.17, 15) is 0 Å². The quantitative estimate of drug-likeness (QED) is 0.560. The molecule has 0 fully saturated rings. The molecular formula is C25H27O4P. The highest BCUT2D eigenvalue weighted by Crippen LogP contribution is 2.48. The van der Waals surface area contributed by atoms with E-state index in [1.165, 1.54) is 0 Å². The Morgan fingerprint density at radius 1 is 0.767 bits per heavy atom. The van der Waals surface area contributed by atoms with Gasteiger partial charge < -0.3 is 18.8 Å². The van der Waals surface area contributed by atoms with Gasteiger partial charge in [-0.1, -0.05) is 34.4 Å². The molecule has 0 N–H and O–H groups in total. The Hall–Kier alpha value is -2.71. The summed E-state index contributed by atoms with van der Waals surface area (Å²) in [7, 11) is -3.18. The van der Waals surface area contributed by atoms with Crippen LogP contribution in [0.5, 0.6) is 17.2 Å². The van der Waals surface area contributed by atoms with Gasteiger partial charge in [0.2, 0.25) is 12.5 Å². The highest BCUT2D eigenvalue weighted by Gasteiger charge is 2.34. The molecule has 0 spiro atoms. The molecule has 1 aliphatic heterocycles. The molecule has 4 rings (SSSR count). The second-order valence-electron chi connectivity index (χ2n) is 7.91. The van der Waals surface area contributed by atoms with E-state index < -0.39 is 7.14 Å². The lowest BCUT2D eigenvalue weighted by molar-refractivity contribution is 0.170. The van der Waals surface area contributed by atoms with Crippen molar-refractivity contribution in [3.63, 3.8) is 0 Å². The van der Waals surface area contributed by atoms with Crippen LogP contribution in [-0.2, 0) is 4.57 Å². The zero-order chi connectivity index (χ0) is 21.5. The van der Waals surface area contributed by atoms with E-state index in [1.54, 1.807) is 0 Å². The molecule has 30 heavy (non-hydrogen) atoms. The molecule has 0 unspecified atom stereocenters. The van der Waals surface area contributed by atoms with E-state index in [1.807, 2.05) is 71.0 Å². The molecule has 1 aliphatic rings. The van der Waals surface area contributed by atoms with E-state index in [-0.39, 0.29) is 6.79 Å². The van der Waals surface area contributed by atoms with Crippen molar-refractivity contribution < 1.29 is 18.8 Å². The van der Waals surface area contributed by atoms with Gasteiger partial charge in [-0.15, -0.1) is 0 Å². The predicted molar refractivity (Wildman–Crippen MR) is 122 cm³/mol. The number of hydrogen-bond acceptors (Lipinski definition) is 4. The number of aryl methyl sites for hydroxylation is 4. The average Bonchev–Trinajstić information content (AvgIpc) is 3.15. The molecule has 1 heterocycles. The third-order valence-corrected chi connectivity index (χ3v) is 8.18. The van der Waals surface area contributed by atoms with Gasteiger partial charge in [0.25, 0.3) is 0 Å². The van der Waals surface area contributed by atoms with Gasteiger partial charge in [-0.2, -0.15) is 0 Å². The van der Waals surface area contributed by atoms with Gasteiger partial charge in [0.05, 0.1) is 6.61 Å². The fourth-order valence-corrected chi connectivity index (χ4v) is 7.16. The molecule has 0 amide bonds. The van der Waals surface area contributed by atoms with Gasteiger partial charge in [-0.3, -0.25) is 0 Å². The van der Waals surface area contributed by atoms with Crippen molar-refractivity contribution in [1.29, 1.82) is 0 Å². The van der Waals surface area contributed by atoms with Crippen LogP contribution in [0.4, 0.5) is 0 Å². The fourth-order valence-electron chi connectivity index (χ4n) is 4.12. The van der Waals surface area contributed by atoms with Gasteiger partial charge in [0, 0.05) is 15.9 Å². The summed E-state index contributed by atoms with van der Waals surface area (Å²) in [5.41, 5.74) is 4.33. The van der Waals surface area contributed by atoms with Gasteiger partial charge in [-0.25, -0.2) is 0 Å². The van der Waals surface area contributed by atoms with Crippen molar-refractivity contribution in [1.82, 2.24) is 0 Å². The summed E-state index contributed by atoms with van der Waals surface area (Å²) in [5.74, 6) is 1.72. The third kappa shape index (κ3) is 3.61. The normalized spacial score (nSPS) is 12.8. The summed E-state index contributed by atoms with van der Waals surface area (Å²) >= 11 is 0. The Labute approximate surface area is 178 Å². The Kier molecular flexibility index (Phi) is 5.38. The lowest BCUT2D eigenvalue weighted by Gasteiger charge is -2.23. The van der Waals surface area contributed by atoms with Crippen molar-refractivity contribution in [3.8, 4) is 17.2 Å². The smallest absolute Gasteiger partial charge is 0.231 e. The van der Waals surface area contributed by atoms with Crippen LogP contribution >= 0.6 is 7.14 Å². The Balaban J connectivity index is 2.04. The van der Waals surface area contributed by atoms with Crippen molar-refractivity contribution in [2.45, 2.75) is 34.6 Å². The highest BCUT2D eigenvalue weighted by molar-refractivity contribution is 7.85. The molecule has 3 aromatic rings. The number of hydrogen-bond donors (Lipinski definition) is 0. The lowest BCUT2D eigenvalue weighted by atomic mass is 10.2. The molecule has 0 atom stereocenters. The zero-order valence-electron chi connectivity index (χ0n) is 18.1. The Bertz CT molecular complexity index is 1070. The standard InChI is InChI=1S/C25H27O4P/c1-6-27-23-13-22(14-24-25(23)29-15-28-24)30(26,20-9-16(2)7-17(3)10-20)21-11-18(4)8-19(5)12-21/h7-14H,6,15H2,1-5H3. The largest absolute Gasteiger partial charge is 0.490 e. The first kappa shape index (κ1) is 20.6. The molecule has 0 aromatic heterocycles. The minimum absolute atomic E-state index is 0.135. The van der Waals surface area contributed by atoms with E-state index in [4.69, 9.17) is 14.2 Å². The number of ether oxygens (including phenoxy) is 3. The van der Waals surface area contributed by atoms with E-state index >= 15 is 4.57 Å². The van der Waals surface area contributed by atoms with Crippen LogP contribution in [0.15, 0.2) is 48.5 Å². The summed E-state index contributed by atoms with van der Waals surface area (Å²) in [6, 6.07) is 16.0. The zero-order valence-corrected chi connectivity index (χ0v) is 19.0. The van der Waals surface area contributed by atoms with Crippen LogP contribution in [0, 0.1) is 27.7 Å². The molecule has 3 aromatic carbocycles. The molecule has 0 radical (unpaired) electrons. The van der Waals surface area contributed by atoms with Crippen LogP contribution in [-0.4, -0.2) is 13.4 Å². The molecule has 156 valence electrons. The van der Waals surface area contributed by atoms with Crippen LogP contribution < -0.4 is 30.1 Å². The van der Waals surface area contributed by atoms with Gasteiger partial charge in [0.15, 0.2) is 18.6 Å². The average molecular weight is 422 g/mol. The van der Waals surface area contributed by atoms with Crippen LogP contribution in [0.3, 0.4) is 0 Å². The topological polar surface area (TPSA) is 44.8 Å². The number of rotatable bonds is 5. The summed E-state index contributed by atoms with van der Waals surface area (Å²) < 4.78 is 32.1. The molecule has 0 aliphatic carbocycles. The predicted octanol–water partition coefficient (Wildman–Crippen LogP) is 4.69. The molecule has 0 bridgehead atoms. The van der Waals surface area contributed by atoms with Crippen LogP contribution in [0.1, 0.15) is 29.2 Å². The summed E-state index contributed by atoms with van der Waals surface area (Å²) in [5, 5.41) is 2.31. The SMILES string of the molecule is CCOc1cc(P(=O)(c2cc(C)cc(C)c2)c2cc(C)cc(C)c2)cc2c1OCO2. The molecular weight excluding hydrogens is 395 g/mol. The molecule has 0 saturated carbocycles. The first-order chi connectivity index (χ1) is 14.3. The van der Waals surface area contributed by atoms with E-state index in [0.717, 1.165) is 32.9 Å². The minimum Gasteiger partial charge on any atom is -0.490 e. The van der Waals surface area contributed by atoms with Gasteiger partial charge in [-0.05, 0) is 71.0 Å². The summed E-state index contributed by atoms with van der Waals surface area (Å²) in [6.45, 7) is 10.7. The van der Waals surface area contributed by atoms with E-state index in [2.05, 4.69) is 12.1 Å². The second kappa shape index (κ2) is 7.85. The maximum Gasteiger partial charge on any atom is 0.231 e. The van der Waals surface area contributed by atoms with Crippen molar-refractivity contribution >= 4 is 23.1 Å². The lowest BCUT2D eigenvalue weighted by Crippen LogP contribution is -2.26.